The van der Waals surface area contributed by atoms with Crippen LogP contribution in [0.4, 0.5) is 5.69 Å². The molecule has 0 radical (unpaired) electrons. The van der Waals surface area contributed by atoms with E-state index in [1.54, 1.807) is 24.5 Å². The number of ether oxygens (including phenoxy) is 1. The van der Waals surface area contributed by atoms with Crippen molar-refractivity contribution in [3.8, 4) is 0 Å². The van der Waals surface area contributed by atoms with Crippen LogP contribution >= 0.6 is 0 Å². The van der Waals surface area contributed by atoms with Crippen molar-refractivity contribution < 1.29 is 13.9 Å². The average molecular weight is 420 g/mol. The number of nitrogens with zero attached hydrogens (tertiary/aromatic N) is 1. The van der Waals surface area contributed by atoms with Crippen molar-refractivity contribution in [3.05, 3.63) is 64.8 Å². The predicted molar refractivity (Wildman–Crippen MR) is 118 cm³/mol. The second-order valence-electron chi connectivity index (χ2n) is 8.06. The van der Waals surface area contributed by atoms with E-state index in [0.29, 0.717) is 48.9 Å². The third kappa shape index (κ3) is 4.55. The number of benzene rings is 2. The SMILES string of the molecule is O=C(CN1CCOCC(Cc2ccc3ccoc3c2)C1)Nc1ccc2[nH]c(=O)[nH]c2c1. The molecule has 1 atom stereocenters. The van der Waals surface area contributed by atoms with Crippen LogP contribution in [0.3, 0.4) is 0 Å². The number of imidazole rings is 1. The number of rotatable bonds is 5. The lowest BCUT2D eigenvalue weighted by Crippen LogP contribution is -2.37. The Morgan fingerprint density at radius 1 is 1.13 bits per heavy atom. The van der Waals surface area contributed by atoms with Crippen molar-refractivity contribution in [1.29, 1.82) is 0 Å². The molecule has 1 aliphatic rings. The summed E-state index contributed by atoms with van der Waals surface area (Å²) in [5.74, 6) is 0.207. The molecule has 0 saturated carbocycles. The molecule has 0 aliphatic carbocycles. The molecule has 2 aromatic heterocycles. The van der Waals surface area contributed by atoms with Crippen LogP contribution in [0.1, 0.15) is 5.56 Å². The molecule has 1 aliphatic heterocycles. The fourth-order valence-corrected chi connectivity index (χ4v) is 4.19. The first-order valence-electron chi connectivity index (χ1n) is 10.4. The number of aromatic nitrogens is 2. The maximum absolute atomic E-state index is 12.6. The monoisotopic (exact) mass is 420 g/mol. The van der Waals surface area contributed by atoms with Gasteiger partial charge in [0, 0.05) is 24.2 Å². The van der Waals surface area contributed by atoms with Crippen molar-refractivity contribution in [2.75, 3.05) is 38.2 Å². The summed E-state index contributed by atoms with van der Waals surface area (Å²) in [6, 6.07) is 13.5. The number of H-pyrrole nitrogens is 2. The first-order chi connectivity index (χ1) is 15.1. The molecule has 5 rings (SSSR count). The summed E-state index contributed by atoms with van der Waals surface area (Å²) in [5, 5.41) is 4.02. The molecule has 3 N–H and O–H groups in total. The summed E-state index contributed by atoms with van der Waals surface area (Å²) in [6.07, 6.45) is 2.57. The highest BCUT2D eigenvalue weighted by Gasteiger charge is 2.21. The highest BCUT2D eigenvalue weighted by molar-refractivity contribution is 5.94. The number of hydrogen-bond donors (Lipinski definition) is 3. The largest absolute Gasteiger partial charge is 0.464 e. The van der Waals surface area contributed by atoms with E-state index in [1.807, 2.05) is 6.07 Å². The molecule has 2 aromatic carbocycles. The Balaban J connectivity index is 1.21. The molecule has 0 spiro atoms. The van der Waals surface area contributed by atoms with E-state index in [9.17, 15) is 9.59 Å². The summed E-state index contributed by atoms with van der Waals surface area (Å²) in [4.78, 5) is 31.6. The lowest BCUT2D eigenvalue weighted by atomic mass is 9.99. The van der Waals surface area contributed by atoms with Gasteiger partial charge in [0.1, 0.15) is 5.58 Å². The molecule has 1 saturated heterocycles. The molecule has 1 amide bonds. The molecule has 1 fully saturated rings. The topological polar surface area (TPSA) is 103 Å². The first kappa shape index (κ1) is 19.6. The first-order valence-corrected chi connectivity index (χ1v) is 10.4. The number of aromatic amines is 2. The maximum Gasteiger partial charge on any atom is 0.323 e. The van der Waals surface area contributed by atoms with Crippen molar-refractivity contribution in [1.82, 2.24) is 14.9 Å². The van der Waals surface area contributed by atoms with E-state index in [-0.39, 0.29) is 11.6 Å². The van der Waals surface area contributed by atoms with E-state index in [0.717, 1.165) is 23.9 Å². The minimum absolute atomic E-state index is 0.0881. The van der Waals surface area contributed by atoms with Gasteiger partial charge >= 0.3 is 5.69 Å². The third-order valence-corrected chi connectivity index (χ3v) is 5.63. The summed E-state index contributed by atoms with van der Waals surface area (Å²) in [7, 11) is 0. The summed E-state index contributed by atoms with van der Waals surface area (Å²) < 4.78 is 11.3. The van der Waals surface area contributed by atoms with E-state index in [4.69, 9.17) is 9.15 Å². The van der Waals surface area contributed by atoms with Crippen LogP contribution in [-0.2, 0) is 16.0 Å². The molecular formula is C23H24N4O4. The zero-order valence-electron chi connectivity index (χ0n) is 17.0. The van der Waals surface area contributed by atoms with Crippen LogP contribution in [0.5, 0.6) is 0 Å². The van der Waals surface area contributed by atoms with Gasteiger partial charge in [-0.1, -0.05) is 12.1 Å². The quantitative estimate of drug-likeness (QED) is 0.461. The number of carbonyl (C=O) groups is 1. The smallest absolute Gasteiger partial charge is 0.323 e. The molecule has 31 heavy (non-hydrogen) atoms. The minimum atomic E-state index is -0.264. The van der Waals surface area contributed by atoms with Crippen LogP contribution < -0.4 is 11.0 Å². The fraction of sp³-hybridized carbons (Fsp3) is 0.304. The van der Waals surface area contributed by atoms with Gasteiger partial charge in [-0.15, -0.1) is 0 Å². The highest BCUT2D eigenvalue weighted by Crippen LogP contribution is 2.21. The number of furan rings is 1. The zero-order valence-corrected chi connectivity index (χ0v) is 17.0. The number of amides is 1. The number of hydrogen-bond acceptors (Lipinski definition) is 5. The van der Waals surface area contributed by atoms with Crippen LogP contribution in [-0.4, -0.2) is 53.6 Å². The molecule has 0 bridgehead atoms. The normalized spacial score (nSPS) is 17.7. The number of nitrogens with one attached hydrogen (secondary N) is 3. The lowest BCUT2D eigenvalue weighted by molar-refractivity contribution is -0.117. The standard InChI is InChI=1S/C23H24N4O4/c28-22(24-18-3-4-19-20(11-18)26-23(29)25-19)13-27-6-8-30-14-16(12-27)9-15-1-2-17-5-7-31-21(17)10-15/h1-5,7,10-11,16H,6,8-9,12-14H2,(H,24,28)(H2,25,26,29). The van der Waals surface area contributed by atoms with E-state index in [2.05, 4.69) is 38.4 Å². The molecule has 8 heteroatoms. The van der Waals surface area contributed by atoms with Crippen LogP contribution in [0.2, 0.25) is 0 Å². The van der Waals surface area contributed by atoms with Crippen molar-refractivity contribution in [3.63, 3.8) is 0 Å². The Bertz CT molecular complexity index is 1270. The summed E-state index contributed by atoms with van der Waals surface area (Å²) in [5.41, 5.74) is 3.87. The third-order valence-electron chi connectivity index (χ3n) is 5.63. The zero-order chi connectivity index (χ0) is 21.2. The second-order valence-corrected chi connectivity index (χ2v) is 8.06. The Hall–Kier alpha value is -3.36. The molecule has 160 valence electrons. The van der Waals surface area contributed by atoms with Crippen LogP contribution in [0.15, 0.2) is 57.9 Å². The fourth-order valence-electron chi connectivity index (χ4n) is 4.19. The van der Waals surface area contributed by atoms with Crippen LogP contribution in [0.25, 0.3) is 22.0 Å². The van der Waals surface area contributed by atoms with Gasteiger partial charge in [0.25, 0.3) is 0 Å². The Morgan fingerprint density at radius 3 is 2.97 bits per heavy atom. The Kier molecular flexibility index (Phi) is 5.31. The Labute approximate surface area is 178 Å². The number of fused-ring (bicyclic) bond motifs is 2. The Morgan fingerprint density at radius 2 is 2.03 bits per heavy atom. The molecule has 1 unspecified atom stereocenters. The van der Waals surface area contributed by atoms with Gasteiger partial charge < -0.3 is 24.4 Å². The molecule has 4 aromatic rings. The van der Waals surface area contributed by atoms with Gasteiger partial charge in [0.05, 0.1) is 37.1 Å². The van der Waals surface area contributed by atoms with Gasteiger partial charge in [-0.05, 0) is 48.2 Å². The second kappa shape index (κ2) is 8.41. The minimum Gasteiger partial charge on any atom is -0.464 e. The van der Waals surface area contributed by atoms with Crippen molar-refractivity contribution in [2.24, 2.45) is 5.92 Å². The lowest BCUT2D eigenvalue weighted by Gasteiger charge is -2.23. The van der Waals surface area contributed by atoms with Gasteiger partial charge in [-0.2, -0.15) is 0 Å². The van der Waals surface area contributed by atoms with Crippen molar-refractivity contribution >= 4 is 33.6 Å². The van der Waals surface area contributed by atoms with Gasteiger partial charge in [0.2, 0.25) is 5.91 Å². The molecule has 3 heterocycles. The van der Waals surface area contributed by atoms with Gasteiger partial charge in [0.15, 0.2) is 0 Å². The molecular weight excluding hydrogens is 396 g/mol. The van der Waals surface area contributed by atoms with Gasteiger partial charge in [-0.3, -0.25) is 9.69 Å². The molecule has 8 nitrogen and oxygen atoms in total. The van der Waals surface area contributed by atoms with E-state index >= 15 is 0 Å². The van der Waals surface area contributed by atoms with Gasteiger partial charge in [-0.25, -0.2) is 4.79 Å². The highest BCUT2D eigenvalue weighted by atomic mass is 16.5. The number of carbonyl (C=O) groups excluding carboxylic acids is 1. The van der Waals surface area contributed by atoms with Crippen molar-refractivity contribution in [2.45, 2.75) is 6.42 Å². The summed E-state index contributed by atoms with van der Waals surface area (Å²) >= 11 is 0. The van der Waals surface area contributed by atoms with E-state index in [1.165, 1.54) is 5.56 Å². The van der Waals surface area contributed by atoms with Crippen LogP contribution in [0, 0.1) is 5.92 Å². The number of anilines is 1. The maximum atomic E-state index is 12.6. The van der Waals surface area contributed by atoms with E-state index < -0.39 is 0 Å². The average Bonchev–Trinajstić information content (AvgIpc) is 3.28. The summed E-state index contributed by atoms with van der Waals surface area (Å²) in [6.45, 7) is 3.07. The predicted octanol–water partition coefficient (Wildman–Crippen LogP) is 2.73.